The van der Waals surface area contributed by atoms with Crippen molar-refractivity contribution in [3.05, 3.63) is 75.8 Å². The molecule has 2 rings (SSSR count). The molecule has 9 nitrogen and oxygen atoms in total. The average Bonchev–Trinajstić information content (AvgIpc) is 2.75. The van der Waals surface area contributed by atoms with Crippen molar-refractivity contribution in [2.75, 3.05) is 18.5 Å². The first-order chi connectivity index (χ1) is 14.4. The number of esters is 2. The summed E-state index contributed by atoms with van der Waals surface area (Å²) in [6.45, 7) is 1.73. The van der Waals surface area contributed by atoms with Crippen LogP contribution in [-0.4, -0.2) is 36.0 Å². The number of benzene rings is 2. The van der Waals surface area contributed by atoms with Gasteiger partial charge >= 0.3 is 11.9 Å². The minimum absolute atomic E-state index is 0.0581. The lowest BCUT2D eigenvalue weighted by Gasteiger charge is -2.07. The van der Waals surface area contributed by atoms with Gasteiger partial charge in [-0.1, -0.05) is 6.92 Å². The van der Waals surface area contributed by atoms with Crippen LogP contribution < -0.4 is 5.32 Å². The molecule has 0 saturated heterocycles. The highest BCUT2D eigenvalue weighted by molar-refractivity contribution is 5.95. The van der Waals surface area contributed by atoms with Crippen molar-refractivity contribution in [2.24, 2.45) is 0 Å². The molecule has 1 amide bonds. The SMILES string of the molecule is CCCOC(=O)c1ccc(NC(=O)COC(=O)/C=C/c2ccc([N+](=O)[O-])cc2)cc1. The first-order valence-corrected chi connectivity index (χ1v) is 9.05. The molecule has 0 atom stereocenters. The molecule has 0 spiro atoms. The van der Waals surface area contributed by atoms with Gasteiger partial charge in [-0.25, -0.2) is 9.59 Å². The smallest absolute Gasteiger partial charge is 0.338 e. The van der Waals surface area contributed by atoms with Crippen LogP contribution in [0.1, 0.15) is 29.3 Å². The molecule has 0 unspecified atom stereocenters. The van der Waals surface area contributed by atoms with Gasteiger partial charge in [0.25, 0.3) is 11.6 Å². The Morgan fingerprint density at radius 1 is 1.03 bits per heavy atom. The number of hydrogen-bond acceptors (Lipinski definition) is 7. The molecule has 30 heavy (non-hydrogen) atoms. The van der Waals surface area contributed by atoms with Crippen molar-refractivity contribution < 1.29 is 28.8 Å². The molecule has 156 valence electrons. The molecule has 1 N–H and O–H groups in total. The van der Waals surface area contributed by atoms with Crippen LogP contribution in [0.5, 0.6) is 0 Å². The van der Waals surface area contributed by atoms with E-state index in [1.165, 1.54) is 54.6 Å². The Bertz CT molecular complexity index is 935. The molecule has 0 saturated carbocycles. The van der Waals surface area contributed by atoms with Crippen LogP contribution in [0.2, 0.25) is 0 Å². The van der Waals surface area contributed by atoms with Gasteiger partial charge in [0, 0.05) is 23.9 Å². The largest absolute Gasteiger partial charge is 0.462 e. The number of amides is 1. The topological polar surface area (TPSA) is 125 Å². The second-order valence-electron chi connectivity index (χ2n) is 6.05. The van der Waals surface area contributed by atoms with Crippen LogP contribution in [0.15, 0.2) is 54.6 Å². The maximum Gasteiger partial charge on any atom is 0.338 e. The van der Waals surface area contributed by atoms with Crippen LogP contribution >= 0.6 is 0 Å². The minimum Gasteiger partial charge on any atom is -0.462 e. The number of nitrogens with one attached hydrogen (secondary N) is 1. The van der Waals surface area contributed by atoms with Crippen molar-refractivity contribution in [2.45, 2.75) is 13.3 Å². The number of non-ortho nitro benzene ring substituents is 1. The van der Waals surface area contributed by atoms with E-state index in [1.807, 2.05) is 6.92 Å². The van der Waals surface area contributed by atoms with Gasteiger partial charge < -0.3 is 14.8 Å². The third-order valence-corrected chi connectivity index (χ3v) is 3.70. The monoisotopic (exact) mass is 412 g/mol. The number of hydrogen-bond donors (Lipinski definition) is 1. The molecule has 0 aromatic heterocycles. The van der Waals surface area contributed by atoms with Gasteiger partial charge in [-0.15, -0.1) is 0 Å². The zero-order valence-corrected chi connectivity index (χ0v) is 16.2. The highest BCUT2D eigenvalue weighted by Crippen LogP contribution is 2.13. The number of nitro groups is 1. The average molecular weight is 412 g/mol. The number of rotatable bonds is 9. The molecule has 0 aliphatic heterocycles. The third-order valence-electron chi connectivity index (χ3n) is 3.70. The molecule has 2 aromatic rings. The van der Waals surface area contributed by atoms with Crippen molar-refractivity contribution in [1.29, 1.82) is 0 Å². The molecule has 0 radical (unpaired) electrons. The number of nitro benzene ring substituents is 1. The van der Waals surface area contributed by atoms with E-state index >= 15 is 0 Å². The summed E-state index contributed by atoms with van der Waals surface area (Å²) in [6.07, 6.45) is 3.26. The maximum atomic E-state index is 11.9. The quantitative estimate of drug-likeness (QED) is 0.290. The van der Waals surface area contributed by atoms with E-state index in [2.05, 4.69) is 5.32 Å². The predicted molar refractivity (Wildman–Crippen MR) is 109 cm³/mol. The second kappa shape index (κ2) is 11.1. The van der Waals surface area contributed by atoms with Crippen molar-refractivity contribution in [3.8, 4) is 0 Å². The first kappa shape index (κ1) is 22.3. The Labute approximate surface area is 172 Å². The van der Waals surface area contributed by atoms with Crippen molar-refractivity contribution >= 4 is 35.3 Å². The fraction of sp³-hybridized carbons (Fsp3) is 0.190. The van der Waals surface area contributed by atoms with Gasteiger partial charge in [-0.05, 0) is 54.5 Å². The van der Waals surface area contributed by atoms with E-state index in [4.69, 9.17) is 9.47 Å². The van der Waals surface area contributed by atoms with E-state index < -0.39 is 29.4 Å². The summed E-state index contributed by atoms with van der Waals surface area (Å²) in [7, 11) is 0. The number of carbonyl (C=O) groups excluding carboxylic acids is 3. The Morgan fingerprint density at radius 2 is 1.70 bits per heavy atom. The second-order valence-corrected chi connectivity index (χ2v) is 6.05. The van der Waals surface area contributed by atoms with E-state index in [-0.39, 0.29) is 5.69 Å². The Hall–Kier alpha value is -4.01. The standard InChI is InChI=1S/C21H20N2O7/c1-2-13-29-21(26)16-6-8-17(9-7-16)22-19(24)14-30-20(25)12-5-15-3-10-18(11-4-15)23(27)28/h3-12H,2,13-14H2,1H3,(H,22,24)/b12-5+. The lowest BCUT2D eigenvalue weighted by atomic mass is 10.2. The lowest BCUT2D eigenvalue weighted by Crippen LogP contribution is -2.20. The molecule has 2 aromatic carbocycles. The van der Waals surface area contributed by atoms with Crippen LogP contribution in [0, 0.1) is 10.1 Å². The predicted octanol–water partition coefficient (Wildman–Crippen LogP) is 3.36. The summed E-state index contributed by atoms with van der Waals surface area (Å²) >= 11 is 0. The van der Waals surface area contributed by atoms with Crippen molar-refractivity contribution in [3.63, 3.8) is 0 Å². The van der Waals surface area contributed by atoms with Gasteiger partial charge in [0.1, 0.15) is 0 Å². The first-order valence-electron chi connectivity index (χ1n) is 9.05. The fourth-order valence-electron chi connectivity index (χ4n) is 2.22. The Morgan fingerprint density at radius 3 is 2.30 bits per heavy atom. The summed E-state index contributed by atoms with van der Waals surface area (Å²) < 4.78 is 9.86. The van der Waals surface area contributed by atoms with Gasteiger partial charge in [0.05, 0.1) is 17.1 Å². The highest BCUT2D eigenvalue weighted by Gasteiger charge is 2.09. The summed E-state index contributed by atoms with van der Waals surface area (Å²) in [5, 5.41) is 13.1. The number of anilines is 1. The van der Waals surface area contributed by atoms with E-state index in [9.17, 15) is 24.5 Å². The summed E-state index contributed by atoms with van der Waals surface area (Å²) in [5.41, 5.74) is 1.31. The summed E-state index contributed by atoms with van der Waals surface area (Å²) in [4.78, 5) is 45.4. The Balaban J connectivity index is 1.78. The van der Waals surface area contributed by atoms with Gasteiger partial charge in [-0.3, -0.25) is 14.9 Å². The number of carbonyl (C=O) groups is 3. The molecular formula is C21H20N2O7. The molecular weight excluding hydrogens is 392 g/mol. The maximum absolute atomic E-state index is 11.9. The normalized spacial score (nSPS) is 10.4. The summed E-state index contributed by atoms with van der Waals surface area (Å²) in [5.74, 6) is -1.73. The number of nitrogens with zero attached hydrogens (tertiary/aromatic N) is 1. The Kier molecular flexibility index (Phi) is 8.25. The molecule has 9 heteroatoms. The van der Waals surface area contributed by atoms with Gasteiger partial charge in [0.15, 0.2) is 6.61 Å². The molecule has 0 bridgehead atoms. The fourth-order valence-corrected chi connectivity index (χ4v) is 2.22. The highest BCUT2D eigenvalue weighted by atomic mass is 16.6. The van der Waals surface area contributed by atoms with E-state index in [0.29, 0.717) is 23.4 Å². The molecule has 0 heterocycles. The lowest BCUT2D eigenvalue weighted by molar-refractivity contribution is -0.384. The van der Waals surface area contributed by atoms with Crippen LogP contribution in [0.4, 0.5) is 11.4 Å². The van der Waals surface area contributed by atoms with Gasteiger partial charge in [-0.2, -0.15) is 0 Å². The van der Waals surface area contributed by atoms with E-state index in [0.717, 1.165) is 12.5 Å². The van der Waals surface area contributed by atoms with Crippen LogP contribution in [0.25, 0.3) is 6.08 Å². The van der Waals surface area contributed by atoms with Gasteiger partial charge in [0.2, 0.25) is 0 Å². The zero-order valence-electron chi connectivity index (χ0n) is 16.2. The third kappa shape index (κ3) is 7.19. The summed E-state index contributed by atoms with van der Waals surface area (Å²) in [6, 6.07) is 11.7. The minimum atomic E-state index is -0.738. The molecule has 0 aliphatic rings. The molecule has 0 aliphatic carbocycles. The van der Waals surface area contributed by atoms with E-state index in [1.54, 1.807) is 0 Å². The van der Waals surface area contributed by atoms with Crippen molar-refractivity contribution in [1.82, 2.24) is 0 Å². The number of ether oxygens (including phenoxy) is 2. The van der Waals surface area contributed by atoms with Crippen LogP contribution in [-0.2, 0) is 19.1 Å². The zero-order chi connectivity index (χ0) is 21.9. The van der Waals surface area contributed by atoms with Crippen LogP contribution in [0.3, 0.4) is 0 Å². The molecule has 0 fully saturated rings.